The van der Waals surface area contributed by atoms with E-state index in [9.17, 15) is 18.7 Å². The van der Waals surface area contributed by atoms with E-state index in [1.807, 2.05) is 12.2 Å². The molecule has 11 heteroatoms. The lowest BCUT2D eigenvalue weighted by Gasteiger charge is -2.22. The van der Waals surface area contributed by atoms with Crippen LogP contribution in [-0.2, 0) is 12.1 Å². The smallest absolute Gasteiger partial charge is 0.278 e. The van der Waals surface area contributed by atoms with Crippen molar-refractivity contribution < 1.29 is 13.9 Å². The maximum atomic E-state index is 13.6. The van der Waals surface area contributed by atoms with E-state index in [0.717, 1.165) is 0 Å². The summed E-state index contributed by atoms with van der Waals surface area (Å²) in [6.45, 7) is 2.05. The fourth-order valence-corrected chi connectivity index (χ4v) is 4.31. The number of rotatable bonds is 2. The van der Waals surface area contributed by atoms with E-state index in [-0.39, 0.29) is 23.1 Å². The first-order valence-corrected chi connectivity index (χ1v) is 12.6. The van der Waals surface area contributed by atoms with Crippen molar-refractivity contribution in [1.29, 1.82) is 0 Å². The molecule has 2 aromatic carbocycles. The van der Waals surface area contributed by atoms with E-state index in [1.54, 1.807) is 54.1 Å². The molecular weight excluding hydrogens is 516 g/mol. The quantitative estimate of drug-likeness (QED) is 0.215. The molecule has 0 saturated heterocycles. The molecule has 5 aromatic rings. The van der Waals surface area contributed by atoms with Gasteiger partial charge in [-0.1, -0.05) is 30.4 Å². The number of hydrogen-bond donors (Lipinski definition) is 3. The zero-order chi connectivity index (χ0) is 28.3. The number of pyridine rings is 1. The molecule has 1 aliphatic heterocycles. The molecule has 0 aliphatic carbocycles. The minimum atomic E-state index is -1.11. The van der Waals surface area contributed by atoms with Gasteiger partial charge in [0.2, 0.25) is 5.95 Å². The molecule has 3 aromatic heterocycles. The van der Waals surface area contributed by atoms with Crippen molar-refractivity contribution in [3.05, 3.63) is 113 Å². The Morgan fingerprint density at radius 2 is 1.75 bits per heavy atom. The van der Waals surface area contributed by atoms with Crippen LogP contribution in [0.5, 0.6) is 0 Å². The fourth-order valence-electron chi connectivity index (χ4n) is 4.31. The summed E-state index contributed by atoms with van der Waals surface area (Å²) < 4.78 is 28.8. The maximum Gasteiger partial charge on any atom is 0.278 e. The molecule has 0 unspecified atom stereocenters. The molecule has 40 heavy (non-hydrogen) atoms. The molecule has 1 atom stereocenters. The van der Waals surface area contributed by atoms with Gasteiger partial charge in [-0.15, -0.1) is 0 Å². The van der Waals surface area contributed by atoms with Gasteiger partial charge < -0.3 is 16.2 Å². The highest BCUT2D eigenvalue weighted by molar-refractivity contribution is 5.77. The lowest BCUT2D eigenvalue weighted by molar-refractivity contribution is 0.0443. The second kappa shape index (κ2) is 11.1. The number of aromatic nitrogens is 5. The van der Waals surface area contributed by atoms with Gasteiger partial charge in [-0.2, -0.15) is 4.98 Å². The Morgan fingerprint density at radius 1 is 1.00 bits per heavy atom. The molecule has 0 spiro atoms. The number of aliphatic hydroxyl groups is 1. The minimum Gasteiger partial charge on any atom is -0.399 e. The molecule has 4 heterocycles. The predicted octanol–water partition coefficient (Wildman–Crippen LogP) is 4.83. The van der Waals surface area contributed by atoms with Gasteiger partial charge in [0, 0.05) is 17.6 Å². The summed E-state index contributed by atoms with van der Waals surface area (Å²) in [5.74, 6) is 0.00658. The van der Waals surface area contributed by atoms with E-state index < -0.39 is 5.60 Å². The monoisotopic (exact) mass is 543 g/mol. The second-order valence-electron chi connectivity index (χ2n) is 9.49. The average molecular weight is 544 g/mol. The van der Waals surface area contributed by atoms with Crippen molar-refractivity contribution in [2.75, 3.05) is 11.1 Å². The lowest BCUT2D eigenvalue weighted by Crippen LogP contribution is -2.24. The number of nitrogen functional groups attached to an aromatic ring is 1. The number of benzene rings is 2. The van der Waals surface area contributed by atoms with Crippen LogP contribution >= 0.6 is 0 Å². The van der Waals surface area contributed by atoms with Crippen LogP contribution in [0.3, 0.4) is 0 Å². The number of nitrogens with zero attached hydrogens (tertiary/aromatic N) is 5. The number of hydrogen-bond acceptors (Lipinski definition) is 7. The Labute approximate surface area is 228 Å². The van der Waals surface area contributed by atoms with Gasteiger partial charge in [-0.25, -0.2) is 28.1 Å². The number of nitrogens with two attached hydrogens (primary N) is 1. The van der Waals surface area contributed by atoms with E-state index in [4.69, 9.17) is 5.73 Å². The normalized spacial score (nSPS) is 17.2. The first-order chi connectivity index (χ1) is 19.2. The zero-order valence-corrected chi connectivity index (χ0v) is 21.6. The van der Waals surface area contributed by atoms with Gasteiger partial charge in [-0.3, -0.25) is 4.79 Å². The van der Waals surface area contributed by atoms with Crippen LogP contribution in [0.4, 0.5) is 26.1 Å². The number of fused-ring (bicyclic) bond motifs is 6. The molecule has 0 saturated carbocycles. The third kappa shape index (κ3) is 5.74. The Kier molecular flexibility index (Phi) is 7.39. The van der Waals surface area contributed by atoms with Crippen molar-refractivity contribution in [3.63, 3.8) is 0 Å². The molecule has 0 amide bonds. The molecule has 204 valence electrons. The molecule has 2 bridgehead atoms. The molecule has 4 N–H and O–H groups in total. The van der Waals surface area contributed by atoms with Crippen molar-refractivity contribution in [2.45, 2.75) is 31.9 Å². The topological polar surface area (TPSA) is 124 Å². The Balaban J connectivity index is 0.000000348. The van der Waals surface area contributed by atoms with Crippen LogP contribution in [0, 0.1) is 11.6 Å². The average Bonchev–Trinajstić information content (AvgIpc) is 3.18. The summed E-state index contributed by atoms with van der Waals surface area (Å²) >= 11 is 0. The standard InChI is InChI=1S/C23H21FN6O2.C6H6FN/c1-23(32)11-3-2-4-12-29-21(31)17-14-25-22(26-16-8-5-7-15(24)13-16)28-20(17)30(29)19-10-6-9-18(23)27-19;7-5-2-1-3-6(8)4-5/h2,4-10,13-14,32H,3,11-12H2,1H3,(H,25,26,28);1-4H,8H2/b4-2-;/t23-;/m0./s1. The number of anilines is 3. The van der Waals surface area contributed by atoms with Crippen LogP contribution in [0.25, 0.3) is 16.9 Å². The van der Waals surface area contributed by atoms with Crippen molar-refractivity contribution in [3.8, 4) is 5.82 Å². The lowest BCUT2D eigenvalue weighted by atomic mass is 9.95. The van der Waals surface area contributed by atoms with Gasteiger partial charge in [0.25, 0.3) is 5.56 Å². The molecular formula is C29H27F2N7O2. The second-order valence-corrected chi connectivity index (χ2v) is 9.49. The minimum absolute atomic E-state index is 0.219. The molecule has 0 radical (unpaired) electrons. The van der Waals surface area contributed by atoms with Gasteiger partial charge in [0.05, 0.1) is 12.2 Å². The summed E-state index contributed by atoms with van der Waals surface area (Å²) in [6, 6.07) is 17.1. The van der Waals surface area contributed by atoms with Crippen molar-refractivity contribution >= 4 is 28.4 Å². The summed E-state index contributed by atoms with van der Waals surface area (Å²) in [5, 5.41) is 14.2. The molecule has 1 aliphatic rings. The van der Waals surface area contributed by atoms with Gasteiger partial charge in [0.1, 0.15) is 22.6 Å². The highest BCUT2D eigenvalue weighted by atomic mass is 19.1. The first-order valence-electron chi connectivity index (χ1n) is 12.6. The van der Waals surface area contributed by atoms with Gasteiger partial charge >= 0.3 is 0 Å². The molecule has 9 nitrogen and oxygen atoms in total. The summed E-state index contributed by atoms with van der Waals surface area (Å²) in [4.78, 5) is 26.6. The number of nitrogens with one attached hydrogen (secondary N) is 1. The first kappa shape index (κ1) is 26.7. The van der Waals surface area contributed by atoms with E-state index in [1.165, 1.54) is 35.1 Å². The van der Waals surface area contributed by atoms with E-state index in [0.29, 0.717) is 53.3 Å². The third-order valence-electron chi connectivity index (χ3n) is 6.35. The van der Waals surface area contributed by atoms with Crippen LogP contribution in [0.2, 0.25) is 0 Å². The Hall–Kier alpha value is -4.90. The van der Waals surface area contributed by atoms with Gasteiger partial charge in [-0.05, 0) is 68.3 Å². The van der Waals surface area contributed by atoms with Crippen molar-refractivity contribution in [2.24, 2.45) is 0 Å². The number of allylic oxidation sites excluding steroid dienone is 2. The predicted molar refractivity (Wildman–Crippen MR) is 149 cm³/mol. The van der Waals surface area contributed by atoms with E-state index >= 15 is 0 Å². The van der Waals surface area contributed by atoms with Crippen LogP contribution in [-0.4, -0.2) is 29.4 Å². The molecule has 6 rings (SSSR count). The Bertz CT molecular complexity index is 1740. The SMILES string of the molecule is C[C@]1(O)CC/C=C\Cn2c(=O)c3cnc(Nc4cccc(F)c4)nc3n2-c2cccc1n2.Nc1cccc(F)c1. The maximum absolute atomic E-state index is 13.6. The highest BCUT2D eigenvalue weighted by Gasteiger charge is 2.26. The van der Waals surface area contributed by atoms with Crippen LogP contribution in [0.15, 0.2) is 89.9 Å². The third-order valence-corrected chi connectivity index (χ3v) is 6.35. The van der Waals surface area contributed by atoms with Crippen LogP contribution < -0.4 is 16.6 Å². The molecule has 0 fully saturated rings. The summed E-state index contributed by atoms with van der Waals surface area (Å²) in [6.07, 6.45) is 6.44. The Morgan fingerprint density at radius 3 is 2.48 bits per heavy atom. The zero-order valence-electron chi connectivity index (χ0n) is 21.6. The van der Waals surface area contributed by atoms with Crippen molar-refractivity contribution in [1.82, 2.24) is 24.3 Å². The largest absolute Gasteiger partial charge is 0.399 e. The fraction of sp³-hybridized carbons (Fsp3) is 0.172. The van der Waals surface area contributed by atoms with Crippen LogP contribution in [0.1, 0.15) is 25.5 Å². The number of halogens is 2. The highest BCUT2D eigenvalue weighted by Crippen LogP contribution is 2.27. The summed E-state index contributed by atoms with van der Waals surface area (Å²) in [5.41, 5.74) is 5.68. The van der Waals surface area contributed by atoms with E-state index in [2.05, 4.69) is 20.3 Å². The van der Waals surface area contributed by atoms with Gasteiger partial charge in [0.15, 0.2) is 11.5 Å². The summed E-state index contributed by atoms with van der Waals surface area (Å²) in [7, 11) is 0.